The number of carbonyl (C=O) groups is 1. The summed E-state index contributed by atoms with van der Waals surface area (Å²) in [5.41, 5.74) is -1.23. The molecule has 1 N–H and O–H groups in total. The van der Waals surface area contributed by atoms with Crippen LogP contribution in [0.1, 0.15) is 84.5 Å². The minimum atomic E-state index is -1.23. The summed E-state index contributed by atoms with van der Waals surface area (Å²) in [6, 6.07) is 0. The monoisotopic (exact) mass is 274 g/mol. The van der Waals surface area contributed by atoms with E-state index in [2.05, 4.69) is 19.6 Å². The van der Waals surface area contributed by atoms with E-state index in [0.717, 1.165) is 12.8 Å². The van der Waals surface area contributed by atoms with Gasteiger partial charge >= 0.3 is 0 Å². The van der Waals surface area contributed by atoms with Gasteiger partial charge in [-0.3, -0.25) is 4.79 Å². The van der Waals surface area contributed by atoms with Crippen molar-refractivity contribution in [2.75, 3.05) is 0 Å². The number of carbonyl (C=O) groups excluding carboxylic acids is 1. The van der Waals surface area contributed by atoms with Gasteiger partial charge in [-0.2, -0.15) is 0 Å². The highest BCUT2D eigenvalue weighted by Crippen LogP contribution is 2.18. The van der Waals surface area contributed by atoms with Gasteiger partial charge < -0.3 is 5.11 Å². The van der Waals surface area contributed by atoms with Crippen LogP contribution in [0.4, 0.5) is 0 Å². The molecule has 0 aromatic carbocycles. The van der Waals surface area contributed by atoms with Gasteiger partial charge in [0.25, 0.3) is 0 Å². The SMILES string of the molecule is CCCCCCCCCCCCC(C)(O)C(=O)S. The third kappa shape index (κ3) is 9.95. The van der Waals surface area contributed by atoms with E-state index in [1.165, 1.54) is 51.4 Å². The molecule has 0 aliphatic carbocycles. The lowest BCUT2D eigenvalue weighted by atomic mass is 9.98. The maximum atomic E-state index is 11.0. The van der Waals surface area contributed by atoms with E-state index in [4.69, 9.17) is 0 Å². The average molecular weight is 274 g/mol. The summed E-state index contributed by atoms with van der Waals surface area (Å²) in [5, 5.41) is 9.27. The summed E-state index contributed by atoms with van der Waals surface area (Å²) < 4.78 is 0. The number of thiol groups is 1. The van der Waals surface area contributed by atoms with Crippen molar-refractivity contribution >= 4 is 17.7 Å². The van der Waals surface area contributed by atoms with Gasteiger partial charge in [0.1, 0.15) is 5.60 Å². The highest BCUT2D eigenvalue weighted by atomic mass is 32.1. The third-order valence-electron chi connectivity index (χ3n) is 3.48. The molecule has 3 heteroatoms. The van der Waals surface area contributed by atoms with E-state index in [1.807, 2.05) is 0 Å². The molecule has 0 aromatic rings. The Morgan fingerprint density at radius 2 is 1.33 bits per heavy atom. The summed E-state index contributed by atoms with van der Waals surface area (Å²) in [5.74, 6) is 0. The van der Waals surface area contributed by atoms with Crippen molar-refractivity contribution in [3.8, 4) is 0 Å². The fraction of sp³-hybridized carbons (Fsp3) is 0.933. The smallest absolute Gasteiger partial charge is 0.217 e. The maximum Gasteiger partial charge on any atom is 0.217 e. The molecule has 0 fully saturated rings. The molecular weight excluding hydrogens is 244 g/mol. The molecule has 1 unspecified atom stereocenters. The number of rotatable bonds is 12. The second kappa shape index (κ2) is 10.9. The first-order valence-electron chi connectivity index (χ1n) is 7.46. The Bertz CT molecular complexity index is 215. The molecule has 0 amide bonds. The fourth-order valence-corrected chi connectivity index (χ4v) is 2.18. The van der Waals surface area contributed by atoms with Gasteiger partial charge in [0.2, 0.25) is 5.12 Å². The number of hydrogen-bond acceptors (Lipinski definition) is 2. The van der Waals surface area contributed by atoms with Crippen LogP contribution in [-0.4, -0.2) is 15.8 Å². The highest BCUT2D eigenvalue weighted by Gasteiger charge is 2.26. The first-order valence-corrected chi connectivity index (χ1v) is 7.91. The molecule has 0 aliphatic rings. The van der Waals surface area contributed by atoms with Crippen LogP contribution in [0.25, 0.3) is 0 Å². The van der Waals surface area contributed by atoms with Gasteiger partial charge in [-0.25, -0.2) is 0 Å². The minimum absolute atomic E-state index is 0.418. The van der Waals surface area contributed by atoms with Crippen molar-refractivity contribution in [2.24, 2.45) is 0 Å². The zero-order valence-corrected chi connectivity index (χ0v) is 13.0. The predicted molar refractivity (Wildman–Crippen MR) is 81.1 cm³/mol. The Morgan fingerprint density at radius 1 is 0.944 bits per heavy atom. The lowest BCUT2D eigenvalue weighted by Gasteiger charge is -2.18. The van der Waals surface area contributed by atoms with E-state index < -0.39 is 10.7 Å². The van der Waals surface area contributed by atoms with Crippen molar-refractivity contribution in [1.29, 1.82) is 0 Å². The van der Waals surface area contributed by atoms with Crippen molar-refractivity contribution in [2.45, 2.75) is 90.1 Å². The molecule has 1 atom stereocenters. The molecule has 0 rings (SSSR count). The Kier molecular flexibility index (Phi) is 10.8. The molecule has 0 saturated carbocycles. The van der Waals surface area contributed by atoms with E-state index in [-0.39, 0.29) is 0 Å². The molecule has 108 valence electrons. The summed E-state index contributed by atoms with van der Waals surface area (Å²) in [6.07, 6.45) is 13.1. The van der Waals surface area contributed by atoms with E-state index >= 15 is 0 Å². The lowest BCUT2D eigenvalue weighted by Crippen LogP contribution is -2.31. The Balaban J connectivity index is 3.24. The third-order valence-corrected chi connectivity index (χ3v) is 3.96. The number of aliphatic hydroxyl groups is 1. The first-order chi connectivity index (χ1) is 8.50. The predicted octanol–water partition coefficient (Wildman–Crippen LogP) is 4.50. The van der Waals surface area contributed by atoms with Gasteiger partial charge in [0.15, 0.2) is 0 Å². The zero-order chi connectivity index (χ0) is 13.9. The summed E-state index contributed by atoms with van der Waals surface area (Å²) >= 11 is 3.69. The van der Waals surface area contributed by atoms with E-state index in [9.17, 15) is 9.90 Å². The van der Waals surface area contributed by atoms with Crippen LogP contribution in [0, 0.1) is 0 Å². The minimum Gasteiger partial charge on any atom is -0.381 e. The van der Waals surface area contributed by atoms with Gasteiger partial charge in [-0.15, -0.1) is 12.6 Å². The second-order valence-corrected chi connectivity index (χ2v) is 5.92. The van der Waals surface area contributed by atoms with Crippen LogP contribution in [0.15, 0.2) is 0 Å². The summed E-state index contributed by atoms with van der Waals surface area (Å²) in [6.45, 7) is 3.79. The molecule has 0 aromatic heterocycles. The standard InChI is InChI=1S/C15H30O2S/c1-3-4-5-6-7-8-9-10-11-12-13-15(2,17)14(16)18/h17H,3-13H2,1-2H3,(H,16,18). The molecule has 0 radical (unpaired) electrons. The molecule has 0 bridgehead atoms. The molecule has 2 nitrogen and oxygen atoms in total. The Morgan fingerprint density at radius 3 is 1.72 bits per heavy atom. The van der Waals surface area contributed by atoms with Gasteiger partial charge in [0, 0.05) is 0 Å². The molecule has 0 saturated heterocycles. The number of unbranched alkanes of at least 4 members (excludes halogenated alkanes) is 9. The molecular formula is C15H30O2S. The molecule has 0 spiro atoms. The molecule has 18 heavy (non-hydrogen) atoms. The fourth-order valence-electron chi connectivity index (χ4n) is 2.06. The van der Waals surface area contributed by atoms with Crippen molar-refractivity contribution < 1.29 is 9.90 Å². The van der Waals surface area contributed by atoms with Crippen LogP contribution in [0.5, 0.6) is 0 Å². The van der Waals surface area contributed by atoms with Crippen molar-refractivity contribution in [3.05, 3.63) is 0 Å². The van der Waals surface area contributed by atoms with Crippen LogP contribution in [0.3, 0.4) is 0 Å². The number of hydrogen-bond donors (Lipinski definition) is 2. The first kappa shape index (κ1) is 18.0. The van der Waals surface area contributed by atoms with Crippen LogP contribution >= 0.6 is 12.6 Å². The quantitative estimate of drug-likeness (QED) is 0.406. The second-order valence-electron chi connectivity index (χ2n) is 5.51. The van der Waals surface area contributed by atoms with Gasteiger partial charge in [0.05, 0.1) is 0 Å². The molecule has 0 heterocycles. The van der Waals surface area contributed by atoms with Gasteiger partial charge in [-0.05, 0) is 13.3 Å². The van der Waals surface area contributed by atoms with Crippen molar-refractivity contribution in [1.82, 2.24) is 0 Å². The highest BCUT2D eigenvalue weighted by molar-refractivity contribution is 7.96. The normalized spacial score (nSPS) is 14.4. The van der Waals surface area contributed by atoms with Crippen LogP contribution in [-0.2, 0) is 4.79 Å². The zero-order valence-electron chi connectivity index (χ0n) is 12.1. The topological polar surface area (TPSA) is 37.3 Å². The Hall–Kier alpha value is -0.0200. The Labute approximate surface area is 118 Å². The van der Waals surface area contributed by atoms with E-state index in [1.54, 1.807) is 6.92 Å². The summed E-state index contributed by atoms with van der Waals surface area (Å²) in [4.78, 5) is 11.0. The van der Waals surface area contributed by atoms with Crippen LogP contribution in [0.2, 0.25) is 0 Å². The molecule has 0 aliphatic heterocycles. The largest absolute Gasteiger partial charge is 0.381 e. The van der Waals surface area contributed by atoms with Crippen molar-refractivity contribution in [3.63, 3.8) is 0 Å². The van der Waals surface area contributed by atoms with E-state index in [0.29, 0.717) is 6.42 Å². The maximum absolute atomic E-state index is 11.0. The lowest BCUT2D eigenvalue weighted by molar-refractivity contribution is -0.126. The van der Waals surface area contributed by atoms with Gasteiger partial charge in [-0.1, -0.05) is 71.1 Å². The average Bonchev–Trinajstić information content (AvgIpc) is 2.31. The summed E-state index contributed by atoms with van der Waals surface area (Å²) in [7, 11) is 0. The van der Waals surface area contributed by atoms with Crippen LogP contribution < -0.4 is 0 Å².